The first-order chi connectivity index (χ1) is 8.33. The molecular formula is C13H14N2O2. The highest BCUT2D eigenvalue weighted by atomic mass is 16.5. The molecule has 2 N–H and O–H groups in total. The summed E-state index contributed by atoms with van der Waals surface area (Å²) in [5, 5.41) is 3.63. The van der Waals surface area contributed by atoms with E-state index in [2.05, 4.69) is 17.3 Å². The van der Waals surface area contributed by atoms with E-state index >= 15 is 0 Å². The third kappa shape index (κ3) is 2.03. The smallest absolute Gasteiger partial charge is 0.174 e. The van der Waals surface area contributed by atoms with Gasteiger partial charge in [-0.3, -0.25) is 0 Å². The zero-order valence-electron chi connectivity index (χ0n) is 9.43. The molecule has 3 rings (SSSR count). The van der Waals surface area contributed by atoms with Gasteiger partial charge in [-0.2, -0.15) is 0 Å². The van der Waals surface area contributed by atoms with Crippen LogP contribution in [0.3, 0.4) is 0 Å². The molecule has 0 aliphatic heterocycles. The second kappa shape index (κ2) is 4.22. The van der Waals surface area contributed by atoms with Gasteiger partial charge in [-0.25, -0.2) is 0 Å². The van der Waals surface area contributed by atoms with Crippen LogP contribution in [0.2, 0.25) is 0 Å². The minimum absolute atomic E-state index is 0.188. The number of nitrogens with two attached hydrogens (primary N) is 1. The second-order valence-electron chi connectivity index (χ2n) is 4.27. The Morgan fingerprint density at radius 3 is 3.18 bits per heavy atom. The van der Waals surface area contributed by atoms with Crippen molar-refractivity contribution < 1.29 is 9.26 Å². The maximum atomic E-state index is 5.98. The highest BCUT2D eigenvalue weighted by Gasteiger charge is 2.19. The van der Waals surface area contributed by atoms with E-state index < -0.39 is 0 Å². The fourth-order valence-electron chi connectivity index (χ4n) is 2.19. The molecule has 17 heavy (non-hydrogen) atoms. The molecule has 0 spiro atoms. The molecule has 1 aromatic carbocycles. The average molecular weight is 230 g/mol. The molecular weight excluding hydrogens is 216 g/mol. The first-order valence-electron chi connectivity index (χ1n) is 5.74. The van der Waals surface area contributed by atoms with Crippen LogP contribution in [0.4, 0.5) is 0 Å². The van der Waals surface area contributed by atoms with E-state index in [1.165, 1.54) is 11.1 Å². The Morgan fingerprint density at radius 2 is 2.35 bits per heavy atom. The number of nitrogens with zero attached hydrogens (tertiary/aromatic N) is 1. The summed E-state index contributed by atoms with van der Waals surface area (Å²) >= 11 is 0. The summed E-state index contributed by atoms with van der Waals surface area (Å²) < 4.78 is 10.6. The topological polar surface area (TPSA) is 61.3 Å². The van der Waals surface area contributed by atoms with Crippen molar-refractivity contribution in [1.29, 1.82) is 0 Å². The van der Waals surface area contributed by atoms with Gasteiger partial charge in [-0.1, -0.05) is 11.2 Å². The predicted molar refractivity (Wildman–Crippen MR) is 62.5 cm³/mol. The molecule has 1 atom stereocenters. The van der Waals surface area contributed by atoms with E-state index in [4.69, 9.17) is 15.0 Å². The monoisotopic (exact) mass is 230 g/mol. The highest BCUT2D eigenvalue weighted by molar-refractivity contribution is 5.40. The van der Waals surface area contributed by atoms with Crippen LogP contribution in [-0.4, -0.2) is 5.16 Å². The maximum absolute atomic E-state index is 5.98. The van der Waals surface area contributed by atoms with E-state index in [9.17, 15) is 0 Å². The molecule has 1 aliphatic carbocycles. The molecule has 0 saturated carbocycles. The third-order valence-corrected chi connectivity index (χ3v) is 3.11. The first-order valence-corrected chi connectivity index (χ1v) is 5.74. The molecule has 88 valence electrons. The molecule has 0 saturated heterocycles. The molecule has 0 radical (unpaired) electrons. The standard InChI is InChI=1S/C13H14N2O2/c14-13-4-1-9-7-10(2-3-12(9)13)16-8-11-5-6-15-17-11/h2-3,5-7,13H,1,4,8,14H2/t13-/m0/s1. The van der Waals surface area contributed by atoms with E-state index in [0.717, 1.165) is 24.4 Å². The summed E-state index contributed by atoms with van der Waals surface area (Å²) in [5.74, 6) is 1.58. The lowest BCUT2D eigenvalue weighted by Crippen LogP contribution is -2.04. The Hall–Kier alpha value is -1.81. The number of ether oxygens (including phenoxy) is 1. The van der Waals surface area contributed by atoms with Gasteiger partial charge in [0.05, 0.1) is 6.20 Å². The minimum atomic E-state index is 0.188. The van der Waals surface area contributed by atoms with Gasteiger partial charge in [0.1, 0.15) is 12.4 Å². The van der Waals surface area contributed by atoms with Gasteiger partial charge in [0.25, 0.3) is 0 Å². The van der Waals surface area contributed by atoms with Gasteiger partial charge >= 0.3 is 0 Å². The fourth-order valence-corrected chi connectivity index (χ4v) is 2.19. The zero-order chi connectivity index (χ0) is 11.7. The van der Waals surface area contributed by atoms with E-state index in [-0.39, 0.29) is 6.04 Å². The molecule has 0 fully saturated rings. The molecule has 1 heterocycles. The Morgan fingerprint density at radius 1 is 1.41 bits per heavy atom. The number of fused-ring (bicyclic) bond motifs is 1. The molecule has 0 amide bonds. The Bertz CT molecular complexity index is 508. The Balaban J connectivity index is 1.72. The summed E-state index contributed by atoms with van der Waals surface area (Å²) in [7, 11) is 0. The van der Waals surface area contributed by atoms with Gasteiger partial charge < -0.3 is 15.0 Å². The van der Waals surface area contributed by atoms with Crippen LogP contribution >= 0.6 is 0 Å². The number of hydrogen-bond donors (Lipinski definition) is 1. The quantitative estimate of drug-likeness (QED) is 0.878. The molecule has 1 aliphatic rings. The van der Waals surface area contributed by atoms with E-state index in [1.54, 1.807) is 12.3 Å². The second-order valence-corrected chi connectivity index (χ2v) is 4.27. The van der Waals surface area contributed by atoms with Crippen molar-refractivity contribution in [2.24, 2.45) is 5.73 Å². The van der Waals surface area contributed by atoms with E-state index in [0.29, 0.717) is 6.61 Å². The lowest BCUT2D eigenvalue weighted by molar-refractivity contribution is 0.249. The van der Waals surface area contributed by atoms with Crippen LogP contribution in [0.15, 0.2) is 35.0 Å². The molecule has 0 unspecified atom stereocenters. The highest BCUT2D eigenvalue weighted by Crippen LogP contribution is 2.31. The van der Waals surface area contributed by atoms with Crippen molar-refractivity contribution in [2.75, 3.05) is 0 Å². The van der Waals surface area contributed by atoms with Gasteiger partial charge in [-0.15, -0.1) is 0 Å². The molecule has 2 aromatic rings. The predicted octanol–water partition coefficient (Wildman–Crippen LogP) is 2.20. The zero-order valence-corrected chi connectivity index (χ0v) is 9.43. The summed E-state index contributed by atoms with van der Waals surface area (Å²) in [6, 6.07) is 8.07. The number of rotatable bonds is 3. The number of hydrogen-bond acceptors (Lipinski definition) is 4. The van der Waals surface area contributed by atoms with E-state index in [1.807, 2.05) is 6.07 Å². The van der Waals surface area contributed by atoms with Crippen molar-refractivity contribution in [3.8, 4) is 5.75 Å². The van der Waals surface area contributed by atoms with Crippen molar-refractivity contribution >= 4 is 0 Å². The molecule has 1 aromatic heterocycles. The van der Waals surface area contributed by atoms with Crippen molar-refractivity contribution in [1.82, 2.24) is 5.16 Å². The normalized spacial score (nSPS) is 18.1. The van der Waals surface area contributed by atoms with Gasteiger partial charge in [0, 0.05) is 12.1 Å². The number of aromatic nitrogens is 1. The van der Waals surface area contributed by atoms with Gasteiger partial charge in [0.2, 0.25) is 0 Å². The first kappa shape index (κ1) is 10.4. The Kier molecular flexibility index (Phi) is 2.57. The fraction of sp³-hybridized carbons (Fsp3) is 0.308. The lowest BCUT2D eigenvalue weighted by atomic mass is 10.1. The van der Waals surface area contributed by atoms with Crippen molar-refractivity contribution in [3.63, 3.8) is 0 Å². The summed E-state index contributed by atoms with van der Waals surface area (Å²) in [6.45, 7) is 0.408. The summed E-state index contributed by atoms with van der Waals surface area (Å²) in [4.78, 5) is 0. The van der Waals surface area contributed by atoms with Crippen molar-refractivity contribution in [3.05, 3.63) is 47.3 Å². The Labute approximate surface area is 99.4 Å². The number of aryl methyl sites for hydroxylation is 1. The molecule has 4 nitrogen and oxygen atoms in total. The van der Waals surface area contributed by atoms with Crippen molar-refractivity contribution in [2.45, 2.75) is 25.5 Å². The van der Waals surface area contributed by atoms with Crippen LogP contribution in [0, 0.1) is 0 Å². The minimum Gasteiger partial charge on any atom is -0.486 e. The lowest BCUT2D eigenvalue weighted by Gasteiger charge is -2.08. The summed E-state index contributed by atoms with van der Waals surface area (Å²) in [6.07, 6.45) is 3.68. The van der Waals surface area contributed by atoms with Crippen LogP contribution in [-0.2, 0) is 13.0 Å². The van der Waals surface area contributed by atoms with Crippen LogP contribution in [0.1, 0.15) is 29.3 Å². The van der Waals surface area contributed by atoms with Crippen LogP contribution < -0.4 is 10.5 Å². The van der Waals surface area contributed by atoms with Crippen LogP contribution in [0.5, 0.6) is 5.75 Å². The molecule has 0 bridgehead atoms. The van der Waals surface area contributed by atoms with Crippen LogP contribution in [0.25, 0.3) is 0 Å². The number of benzene rings is 1. The van der Waals surface area contributed by atoms with Gasteiger partial charge in [0.15, 0.2) is 5.76 Å². The average Bonchev–Trinajstić information content (AvgIpc) is 2.97. The van der Waals surface area contributed by atoms with Gasteiger partial charge in [-0.05, 0) is 36.1 Å². The SMILES string of the molecule is N[C@H]1CCc2cc(OCc3ccno3)ccc21. The third-order valence-electron chi connectivity index (χ3n) is 3.11. The molecule has 4 heteroatoms. The summed E-state index contributed by atoms with van der Waals surface area (Å²) in [5.41, 5.74) is 8.53. The largest absolute Gasteiger partial charge is 0.486 e. The maximum Gasteiger partial charge on any atom is 0.174 e.